The van der Waals surface area contributed by atoms with Crippen LogP contribution in [0.1, 0.15) is 37.3 Å². The van der Waals surface area contributed by atoms with Crippen molar-refractivity contribution in [3.63, 3.8) is 0 Å². The number of aliphatic hydroxyl groups is 1. The lowest BCUT2D eigenvalue weighted by atomic mass is 10.1. The van der Waals surface area contributed by atoms with Gasteiger partial charge in [-0.15, -0.1) is 0 Å². The minimum absolute atomic E-state index is 0.0445. The molecule has 18 heavy (non-hydrogen) atoms. The number of hydrogen-bond acceptors (Lipinski definition) is 2. The molecule has 98 valence electrons. The van der Waals surface area contributed by atoms with Gasteiger partial charge in [-0.25, -0.2) is 4.39 Å². The largest absolute Gasteiger partial charge is 0.395 e. The lowest BCUT2D eigenvalue weighted by Crippen LogP contribution is -1.91. The van der Waals surface area contributed by atoms with Gasteiger partial charge in [0.1, 0.15) is 5.82 Å². The summed E-state index contributed by atoms with van der Waals surface area (Å²) in [4.78, 5) is 0. The van der Waals surface area contributed by atoms with E-state index in [1.165, 1.54) is 25.0 Å². The molecule has 0 bridgehead atoms. The molecule has 0 atom stereocenters. The minimum Gasteiger partial charge on any atom is -0.395 e. The molecule has 1 N–H and O–H groups in total. The molecule has 0 saturated heterocycles. The highest BCUT2D eigenvalue weighted by atomic mass is 32.2. The molecule has 0 aliphatic rings. The van der Waals surface area contributed by atoms with E-state index in [0.29, 0.717) is 6.42 Å². The van der Waals surface area contributed by atoms with Crippen LogP contribution in [-0.4, -0.2) is 17.5 Å². The van der Waals surface area contributed by atoms with E-state index in [9.17, 15) is 4.39 Å². The van der Waals surface area contributed by atoms with Crippen molar-refractivity contribution in [2.75, 3.05) is 12.4 Å². The second-order valence-corrected chi connectivity index (χ2v) is 5.09. The molecule has 0 amide bonds. The summed E-state index contributed by atoms with van der Waals surface area (Å²) in [6, 6.07) is 4.75. The summed E-state index contributed by atoms with van der Waals surface area (Å²) in [5.74, 6) is 7.51. The van der Waals surface area contributed by atoms with Crippen molar-refractivity contribution in [3.05, 3.63) is 35.1 Å². The summed E-state index contributed by atoms with van der Waals surface area (Å²) in [5, 5.41) is 8.69. The topological polar surface area (TPSA) is 20.2 Å². The van der Waals surface area contributed by atoms with Crippen LogP contribution in [0.4, 0.5) is 4.39 Å². The molecule has 0 unspecified atom stereocenters. The fraction of sp³-hybridized carbons (Fsp3) is 0.467. The van der Waals surface area contributed by atoms with Gasteiger partial charge in [0.15, 0.2) is 0 Å². The molecule has 0 aliphatic carbocycles. The Morgan fingerprint density at radius 3 is 2.94 bits per heavy atom. The molecule has 0 fully saturated rings. The van der Waals surface area contributed by atoms with E-state index in [1.807, 2.05) is 11.8 Å². The van der Waals surface area contributed by atoms with Crippen molar-refractivity contribution in [2.24, 2.45) is 0 Å². The SMILES string of the molecule is CCCCSCc1ccc(F)cc1C#CCCO. The minimum atomic E-state index is -0.259. The summed E-state index contributed by atoms with van der Waals surface area (Å²) in [6.45, 7) is 2.22. The Kier molecular flexibility index (Phi) is 7.55. The monoisotopic (exact) mass is 266 g/mol. The third-order valence-corrected chi connectivity index (χ3v) is 3.52. The molecule has 0 spiro atoms. The van der Waals surface area contributed by atoms with Gasteiger partial charge < -0.3 is 5.11 Å². The molecule has 3 heteroatoms. The van der Waals surface area contributed by atoms with Crippen molar-refractivity contribution < 1.29 is 9.50 Å². The highest BCUT2D eigenvalue weighted by Gasteiger charge is 2.02. The maximum Gasteiger partial charge on any atom is 0.124 e. The Hall–Kier alpha value is -0.980. The number of thioether (sulfide) groups is 1. The molecule has 1 aromatic carbocycles. The van der Waals surface area contributed by atoms with Crippen molar-refractivity contribution in [1.82, 2.24) is 0 Å². The molecule has 0 radical (unpaired) electrons. The summed E-state index contributed by atoms with van der Waals surface area (Å²) >= 11 is 1.85. The normalized spacial score (nSPS) is 9.94. The summed E-state index contributed by atoms with van der Waals surface area (Å²) in [7, 11) is 0. The molecule has 1 nitrogen and oxygen atoms in total. The third kappa shape index (κ3) is 5.57. The van der Waals surface area contributed by atoms with Gasteiger partial charge in [-0.1, -0.05) is 31.3 Å². The Morgan fingerprint density at radius 2 is 2.22 bits per heavy atom. The van der Waals surface area contributed by atoms with Crippen LogP contribution in [0, 0.1) is 17.7 Å². The van der Waals surface area contributed by atoms with Crippen molar-refractivity contribution in [2.45, 2.75) is 31.9 Å². The van der Waals surface area contributed by atoms with Crippen LogP contribution in [0.3, 0.4) is 0 Å². The van der Waals surface area contributed by atoms with Crippen LogP contribution in [0.25, 0.3) is 0 Å². The first-order valence-electron chi connectivity index (χ1n) is 6.23. The van der Waals surface area contributed by atoms with Gasteiger partial charge in [-0.05, 0) is 29.9 Å². The van der Waals surface area contributed by atoms with Crippen LogP contribution in [-0.2, 0) is 5.75 Å². The zero-order chi connectivity index (χ0) is 13.2. The number of aliphatic hydroxyl groups excluding tert-OH is 1. The molecule has 0 heterocycles. The first-order chi connectivity index (χ1) is 8.77. The van der Waals surface area contributed by atoms with E-state index >= 15 is 0 Å². The van der Waals surface area contributed by atoms with E-state index in [1.54, 1.807) is 6.07 Å². The summed E-state index contributed by atoms with van der Waals surface area (Å²) in [5.41, 5.74) is 1.82. The van der Waals surface area contributed by atoms with E-state index in [0.717, 1.165) is 22.6 Å². The van der Waals surface area contributed by atoms with Crippen LogP contribution < -0.4 is 0 Å². The smallest absolute Gasteiger partial charge is 0.124 e. The highest BCUT2D eigenvalue weighted by Crippen LogP contribution is 2.18. The van der Waals surface area contributed by atoms with E-state index in [4.69, 9.17) is 5.11 Å². The summed E-state index contributed by atoms with van der Waals surface area (Å²) < 4.78 is 13.2. The predicted octanol–water partition coefficient (Wildman–Crippen LogP) is 3.59. The zero-order valence-corrected chi connectivity index (χ0v) is 11.5. The molecule has 1 aromatic rings. The number of benzene rings is 1. The van der Waals surface area contributed by atoms with E-state index in [-0.39, 0.29) is 12.4 Å². The Morgan fingerprint density at radius 1 is 1.39 bits per heavy atom. The maximum atomic E-state index is 13.2. The molecule has 0 saturated carbocycles. The van der Waals surface area contributed by atoms with Gasteiger partial charge >= 0.3 is 0 Å². The average molecular weight is 266 g/mol. The van der Waals surface area contributed by atoms with Crippen molar-refractivity contribution >= 4 is 11.8 Å². The second kappa shape index (κ2) is 9.02. The van der Waals surface area contributed by atoms with Crippen LogP contribution >= 0.6 is 11.8 Å². The predicted molar refractivity (Wildman–Crippen MR) is 76.1 cm³/mol. The second-order valence-electron chi connectivity index (χ2n) is 3.98. The van der Waals surface area contributed by atoms with Gasteiger partial charge in [-0.3, -0.25) is 0 Å². The zero-order valence-electron chi connectivity index (χ0n) is 10.7. The van der Waals surface area contributed by atoms with Gasteiger partial charge in [0.05, 0.1) is 6.61 Å². The third-order valence-electron chi connectivity index (χ3n) is 2.43. The maximum absolute atomic E-state index is 13.2. The van der Waals surface area contributed by atoms with E-state index in [2.05, 4.69) is 18.8 Å². The molecular weight excluding hydrogens is 247 g/mol. The average Bonchev–Trinajstić information content (AvgIpc) is 2.37. The van der Waals surface area contributed by atoms with Crippen molar-refractivity contribution in [1.29, 1.82) is 0 Å². The quantitative estimate of drug-likeness (QED) is 0.627. The summed E-state index contributed by atoms with van der Waals surface area (Å²) in [6.07, 6.45) is 2.83. The first kappa shape index (κ1) is 15.1. The molecule has 0 aliphatic heterocycles. The van der Waals surface area contributed by atoms with Crippen LogP contribution in [0.15, 0.2) is 18.2 Å². The lowest BCUT2D eigenvalue weighted by molar-refractivity contribution is 0.305. The fourth-order valence-electron chi connectivity index (χ4n) is 1.43. The van der Waals surface area contributed by atoms with Crippen LogP contribution in [0.5, 0.6) is 0 Å². The van der Waals surface area contributed by atoms with Gasteiger partial charge in [-0.2, -0.15) is 11.8 Å². The number of halogens is 1. The standard InChI is InChI=1S/C15H19FOS/c1-2-3-10-18-12-14-7-8-15(16)11-13(14)6-4-5-9-17/h7-8,11,17H,2-3,5,9-10,12H2,1H3. The van der Waals surface area contributed by atoms with Crippen LogP contribution in [0.2, 0.25) is 0 Å². The van der Waals surface area contributed by atoms with Gasteiger partial charge in [0, 0.05) is 17.7 Å². The van der Waals surface area contributed by atoms with Crippen molar-refractivity contribution in [3.8, 4) is 11.8 Å². The number of unbranched alkanes of at least 4 members (excludes halogenated alkanes) is 1. The lowest BCUT2D eigenvalue weighted by Gasteiger charge is -2.04. The molecule has 1 rings (SSSR count). The molecule has 0 aromatic heterocycles. The first-order valence-corrected chi connectivity index (χ1v) is 7.39. The van der Waals surface area contributed by atoms with Gasteiger partial charge in [0.2, 0.25) is 0 Å². The number of rotatable bonds is 6. The van der Waals surface area contributed by atoms with E-state index < -0.39 is 0 Å². The molecular formula is C15H19FOS. The number of hydrogen-bond donors (Lipinski definition) is 1. The Labute approximate surface area is 113 Å². The Balaban J connectivity index is 2.68. The fourth-order valence-corrected chi connectivity index (χ4v) is 2.54. The highest BCUT2D eigenvalue weighted by molar-refractivity contribution is 7.98. The Bertz CT molecular complexity index is 420. The van der Waals surface area contributed by atoms with Gasteiger partial charge in [0.25, 0.3) is 0 Å².